The minimum absolute atomic E-state index is 0.126. The van der Waals surface area contributed by atoms with Crippen molar-refractivity contribution in [1.82, 2.24) is 0 Å². The second kappa shape index (κ2) is 6.47. The molecule has 1 aromatic rings. The van der Waals surface area contributed by atoms with Crippen LogP contribution in [0.15, 0.2) is 12.1 Å². The molecule has 2 rings (SSSR count). The van der Waals surface area contributed by atoms with E-state index in [2.05, 4.69) is 4.74 Å². The maximum absolute atomic E-state index is 11.1. The number of rotatable bonds is 6. The molecule has 110 valence electrons. The van der Waals surface area contributed by atoms with E-state index >= 15 is 0 Å². The molecule has 0 spiro atoms. The van der Waals surface area contributed by atoms with Crippen molar-refractivity contribution < 1.29 is 23.7 Å². The van der Waals surface area contributed by atoms with Gasteiger partial charge < -0.3 is 24.7 Å². The number of hydrogen-bond donors (Lipinski definition) is 1. The molecule has 0 fully saturated rings. The van der Waals surface area contributed by atoms with Gasteiger partial charge in [-0.25, -0.2) is 0 Å². The van der Waals surface area contributed by atoms with Gasteiger partial charge in [0.25, 0.3) is 0 Å². The molecule has 1 aliphatic rings. The Morgan fingerprint density at radius 2 is 2.20 bits per heavy atom. The van der Waals surface area contributed by atoms with Gasteiger partial charge in [-0.15, -0.1) is 0 Å². The molecule has 1 aliphatic heterocycles. The monoisotopic (exact) mass is 281 g/mol. The molecular weight excluding hydrogens is 262 g/mol. The third-order valence-electron chi connectivity index (χ3n) is 3.16. The molecule has 0 saturated heterocycles. The fourth-order valence-electron chi connectivity index (χ4n) is 2.11. The van der Waals surface area contributed by atoms with E-state index in [1.807, 2.05) is 12.1 Å². The molecule has 0 amide bonds. The number of carbonyl (C=O) groups excluding carboxylic acids is 1. The van der Waals surface area contributed by atoms with Crippen molar-refractivity contribution in [2.24, 2.45) is 5.73 Å². The van der Waals surface area contributed by atoms with Gasteiger partial charge in [0, 0.05) is 12.5 Å². The largest absolute Gasteiger partial charge is 0.493 e. The number of fused-ring (bicyclic) bond motifs is 1. The zero-order valence-electron chi connectivity index (χ0n) is 11.7. The van der Waals surface area contributed by atoms with Crippen LogP contribution in [0.3, 0.4) is 0 Å². The predicted octanol–water partition coefficient (Wildman–Crippen LogP) is 1.25. The second-order valence-electron chi connectivity index (χ2n) is 4.61. The molecule has 1 heterocycles. The summed E-state index contributed by atoms with van der Waals surface area (Å²) in [5, 5.41) is 0. The van der Waals surface area contributed by atoms with E-state index in [0.29, 0.717) is 36.5 Å². The lowest BCUT2D eigenvalue weighted by Gasteiger charge is -2.13. The SMILES string of the molecule is COC(=O)CCC(N)Cc1cc(OC)c2c(c1)OCO2. The van der Waals surface area contributed by atoms with Crippen LogP contribution in [0, 0.1) is 0 Å². The number of nitrogens with two attached hydrogens (primary N) is 1. The van der Waals surface area contributed by atoms with Crippen molar-refractivity contribution in [2.75, 3.05) is 21.0 Å². The van der Waals surface area contributed by atoms with E-state index in [4.69, 9.17) is 19.9 Å². The van der Waals surface area contributed by atoms with Crippen molar-refractivity contribution in [3.63, 3.8) is 0 Å². The van der Waals surface area contributed by atoms with Gasteiger partial charge in [0.2, 0.25) is 12.5 Å². The molecule has 0 aromatic heterocycles. The summed E-state index contributed by atoms with van der Waals surface area (Å²) in [5.74, 6) is 1.68. The first-order valence-corrected chi connectivity index (χ1v) is 6.43. The van der Waals surface area contributed by atoms with Crippen molar-refractivity contribution in [1.29, 1.82) is 0 Å². The molecule has 0 aliphatic carbocycles. The van der Waals surface area contributed by atoms with E-state index in [1.54, 1.807) is 7.11 Å². The smallest absolute Gasteiger partial charge is 0.305 e. The Morgan fingerprint density at radius 1 is 1.40 bits per heavy atom. The highest BCUT2D eigenvalue weighted by molar-refractivity contribution is 5.69. The standard InChI is InChI=1S/C14H19NO5/c1-17-11-6-9(7-12-14(11)20-8-19-12)5-10(15)3-4-13(16)18-2/h6-7,10H,3-5,8,15H2,1-2H3. The Kier molecular flexibility index (Phi) is 4.68. The van der Waals surface area contributed by atoms with Crippen LogP contribution in [0.25, 0.3) is 0 Å². The van der Waals surface area contributed by atoms with Crippen LogP contribution >= 0.6 is 0 Å². The van der Waals surface area contributed by atoms with E-state index in [1.165, 1.54) is 7.11 Å². The Labute approximate surface area is 117 Å². The van der Waals surface area contributed by atoms with Crippen LogP contribution in [-0.2, 0) is 16.0 Å². The minimum Gasteiger partial charge on any atom is -0.493 e. The molecule has 1 unspecified atom stereocenters. The van der Waals surface area contributed by atoms with Gasteiger partial charge in [-0.2, -0.15) is 0 Å². The van der Waals surface area contributed by atoms with Gasteiger partial charge in [-0.1, -0.05) is 0 Å². The summed E-state index contributed by atoms with van der Waals surface area (Å²) in [7, 11) is 2.95. The first-order chi connectivity index (χ1) is 9.63. The summed E-state index contributed by atoms with van der Waals surface area (Å²) in [6.45, 7) is 0.198. The van der Waals surface area contributed by atoms with Gasteiger partial charge in [0.1, 0.15) is 0 Å². The number of hydrogen-bond acceptors (Lipinski definition) is 6. The lowest BCUT2D eigenvalue weighted by atomic mass is 10.0. The van der Waals surface area contributed by atoms with Crippen LogP contribution in [0.5, 0.6) is 17.2 Å². The predicted molar refractivity (Wildman–Crippen MR) is 72.0 cm³/mol. The fourth-order valence-corrected chi connectivity index (χ4v) is 2.11. The molecule has 2 N–H and O–H groups in total. The van der Waals surface area contributed by atoms with Crippen molar-refractivity contribution in [3.05, 3.63) is 17.7 Å². The molecule has 0 radical (unpaired) electrons. The van der Waals surface area contributed by atoms with E-state index in [9.17, 15) is 4.79 Å². The molecule has 1 aromatic carbocycles. The third kappa shape index (κ3) is 3.33. The van der Waals surface area contributed by atoms with Gasteiger partial charge >= 0.3 is 5.97 Å². The maximum Gasteiger partial charge on any atom is 0.305 e. The highest BCUT2D eigenvalue weighted by atomic mass is 16.7. The Morgan fingerprint density at radius 3 is 2.90 bits per heavy atom. The first-order valence-electron chi connectivity index (χ1n) is 6.43. The molecular formula is C14H19NO5. The van der Waals surface area contributed by atoms with E-state index in [0.717, 1.165) is 5.56 Å². The average molecular weight is 281 g/mol. The highest BCUT2D eigenvalue weighted by Gasteiger charge is 2.20. The molecule has 6 nitrogen and oxygen atoms in total. The number of esters is 1. The normalized spacial score (nSPS) is 13.9. The van der Waals surface area contributed by atoms with Crippen LogP contribution in [0.1, 0.15) is 18.4 Å². The average Bonchev–Trinajstić information content (AvgIpc) is 2.92. The molecule has 20 heavy (non-hydrogen) atoms. The number of benzene rings is 1. The Balaban J connectivity index is 2.01. The van der Waals surface area contributed by atoms with Crippen molar-refractivity contribution in [3.8, 4) is 17.2 Å². The minimum atomic E-state index is -0.247. The van der Waals surface area contributed by atoms with Crippen molar-refractivity contribution >= 4 is 5.97 Å². The summed E-state index contributed by atoms with van der Waals surface area (Å²) < 4.78 is 20.6. The quantitative estimate of drug-likeness (QED) is 0.790. The van der Waals surface area contributed by atoms with Crippen molar-refractivity contribution in [2.45, 2.75) is 25.3 Å². The zero-order chi connectivity index (χ0) is 14.5. The summed E-state index contributed by atoms with van der Waals surface area (Å²) in [6, 6.07) is 3.65. The molecule has 6 heteroatoms. The van der Waals surface area contributed by atoms with Crippen LogP contribution < -0.4 is 19.9 Å². The highest BCUT2D eigenvalue weighted by Crippen LogP contribution is 2.42. The van der Waals surface area contributed by atoms with Gasteiger partial charge in [0.05, 0.1) is 14.2 Å². The zero-order valence-corrected chi connectivity index (χ0v) is 11.7. The topological polar surface area (TPSA) is 80.0 Å². The second-order valence-corrected chi connectivity index (χ2v) is 4.61. The fraction of sp³-hybridized carbons (Fsp3) is 0.500. The maximum atomic E-state index is 11.1. The Bertz CT molecular complexity index is 489. The van der Waals surface area contributed by atoms with Gasteiger partial charge in [0.15, 0.2) is 11.5 Å². The lowest BCUT2D eigenvalue weighted by molar-refractivity contribution is -0.140. The summed E-state index contributed by atoms with van der Waals surface area (Å²) in [5.41, 5.74) is 7.01. The van der Waals surface area contributed by atoms with Gasteiger partial charge in [-0.05, 0) is 30.5 Å². The summed E-state index contributed by atoms with van der Waals surface area (Å²) in [4.78, 5) is 11.1. The van der Waals surface area contributed by atoms with E-state index in [-0.39, 0.29) is 18.8 Å². The molecule has 0 bridgehead atoms. The third-order valence-corrected chi connectivity index (χ3v) is 3.16. The van der Waals surface area contributed by atoms with E-state index < -0.39 is 0 Å². The summed E-state index contributed by atoms with van der Waals surface area (Å²) in [6.07, 6.45) is 1.52. The van der Waals surface area contributed by atoms with Gasteiger partial charge in [-0.3, -0.25) is 4.79 Å². The number of methoxy groups -OCH3 is 2. The van der Waals surface area contributed by atoms with Crippen LogP contribution in [0.4, 0.5) is 0 Å². The number of ether oxygens (including phenoxy) is 4. The van der Waals surface area contributed by atoms with Crippen LogP contribution in [-0.4, -0.2) is 33.0 Å². The lowest BCUT2D eigenvalue weighted by Crippen LogP contribution is -2.24. The number of carbonyl (C=O) groups is 1. The molecule has 0 saturated carbocycles. The first kappa shape index (κ1) is 14.5. The van der Waals surface area contributed by atoms with Crippen LogP contribution in [0.2, 0.25) is 0 Å². The Hall–Kier alpha value is -1.95. The summed E-state index contributed by atoms with van der Waals surface area (Å²) >= 11 is 0. The molecule has 1 atom stereocenters.